The van der Waals surface area contributed by atoms with Crippen molar-refractivity contribution in [2.24, 2.45) is 7.05 Å². The molecule has 4 rings (SSSR count). The fourth-order valence-electron chi connectivity index (χ4n) is 3.80. The number of methoxy groups -OCH3 is 1. The van der Waals surface area contributed by atoms with Crippen LogP contribution in [0.4, 0.5) is 10.5 Å². The molecular weight excluding hydrogens is 394 g/mol. The lowest BCUT2D eigenvalue weighted by Gasteiger charge is -2.18. The summed E-state index contributed by atoms with van der Waals surface area (Å²) in [5.74, 6) is 1.53. The van der Waals surface area contributed by atoms with Gasteiger partial charge in [-0.3, -0.25) is 4.79 Å². The Hall–Kier alpha value is -3.55. The number of imidazole rings is 1. The summed E-state index contributed by atoms with van der Waals surface area (Å²) in [5, 5.41) is 2.87. The Morgan fingerprint density at radius 2 is 1.84 bits per heavy atom. The molecule has 0 atom stereocenters. The van der Waals surface area contributed by atoms with Crippen LogP contribution in [0.2, 0.25) is 0 Å². The molecule has 3 amide bonds. The van der Waals surface area contributed by atoms with E-state index in [0.717, 1.165) is 48.5 Å². The molecule has 8 heteroatoms. The van der Waals surface area contributed by atoms with E-state index in [1.54, 1.807) is 43.3 Å². The van der Waals surface area contributed by atoms with E-state index in [2.05, 4.69) is 10.3 Å². The van der Waals surface area contributed by atoms with E-state index in [4.69, 9.17) is 4.74 Å². The van der Waals surface area contributed by atoms with E-state index in [0.29, 0.717) is 17.8 Å². The van der Waals surface area contributed by atoms with Gasteiger partial charge in [-0.05, 0) is 55.3 Å². The van der Waals surface area contributed by atoms with Crippen molar-refractivity contribution in [3.8, 4) is 5.75 Å². The second kappa shape index (κ2) is 8.67. The number of hydrogen-bond donors (Lipinski definition) is 1. The third-order valence-electron chi connectivity index (χ3n) is 5.68. The van der Waals surface area contributed by atoms with E-state index >= 15 is 0 Å². The third kappa shape index (κ3) is 4.33. The van der Waals surface area contributed by atoms with Gasteiger partial charge in [0, 0.05) is 38.4 Å². The lowest BCUT2D eigenvalue weighted by Crippen LogP contribution is -2.31. The minimum absolute atomic E-state index is 0.0580. The summed E-state index contributed by atoms with van der Waals surface area (Å²) in [7, 11) is 5.24. The Morgan fingerprint density at radius 3 is 2.52 bits per heavy atom. The summed E-state index contributed by atoms with van der Waals surface area (Å²) >= 11 is 0. The van der Waals surface area contributed by atoms with Gasteiger partial charge in [0.2, 0.25) is 0 Å². The van der Waals surface area contributed by atoms with Crippen LogP contribution in [0.5, 0.6) is 5.75 Å². The molecule has 3 aromatic rings. The Morgan fingerprint density at radius 1 is 1.13 bits per heavy atom. The summed E-state index contributed by atoms with van der Waals surface area (Å²) in [6.07, 6.45) is 2.12. The van der Waals surface area contributed by atoms with Crippen LogP contribution in [-0.4, -0.2) is 58.5 Å². The van der Waals surface area contributed by atoms with Gasteiger partial charge in [-0.2, -0.15) is 0 Å². The number of nitrogens with one attached hydrogen (secondary N) is 1. The Labute approximate surface area is 181 Å². The standard InChI is InChI=1S/C23H27N5O3/c1-26(23(30)24-17-7-9-18(31-3)10-8-17)15-21-25-19-14-16(6-11-20(19)27(21)2)22(29)28-12-4-5-13-28/h6-11,14H,4-5,12-13,15H2,1-3H3,(H,24,30). The highest BCUT2D eigenvalue weighted by molar-refractivity contribution is 5.97. The number of benzene rings is 2. The van der Waals surface area contributed by atoms with E-state index in [9.17, 15) is 9.59 Å². The number of aryl methyl sites for hydroxylation is 1. The van der Waals surface area contributed by atoms with Crippen molar-refractivity contribution in [2.75, 3.05) is 32.6 Å². The summed E-state index contributed by atoms with van der Waals surface area (Å²) in [5.41, 5.74) is 3.03. The highest BCUT2D eigenvalue weighted by Crippen LogP contribution is 2.21. The maximum atomic E-state index is 12.7. The van der Waals surface area contributed by atoms with Gasteiger partial charge in [0.1, 0.15) is 11.6 Å². The number of likely N-dealkylation sites (tertiary alicyclic amines) is 1. The molecule has 1 aliphatic heterocycles. The normalized spacial score (nSPS) is 13.5. The van der Waals surface area contributed by atoms with Gasteiger partial charge in [-0.1, -0.05) is 0 Å². The number of anilines is 1. The van der Waals surface area contributed by atoms with Crippen LogP contribution in [0.1, 0.15) is 29.0 Å². The number of hydrogen-bond acceptors (Lipinski definition) is 4. The third-order valence-corrected chi connectivity index (χ3v) is 5.68. The molecule has 1 N–H and O–H groups in total. The van der Waals surface area contributed by atoms with Crippen molar-refractivity contribution in [3.05, 3.63) is 53.9 Å². The molecule has 0 unspecified atom stereocenters. The number of fused-ring (bicyclic) bond motifs is 1. The number of urea groups is 1. The minimum Gasteiger partial charge on any atom is -0.497 e. The summed E-state index contributed by atoms with van der Waals surface area (Å²) in [4.78, 5) is 33.4. The smallest absolute Gasteiger partial charge is 0.321 e. The second-order valence-corrected chi connectivity index (χ2v) is 7.80. The molecule has 0 aliphatic carbocycles. The highest BCUT2D eigenvalue weighted by Gasteiger charge is 2.21. The number of aromatic nitrogens is 2. The molecule has 0 saturated carbocycles. The maximum absolute atomic E-state index is 12.7. The summed E-state index contributed by atoms with van der Waals surface area (Å²) in [6, 6.07) is 12.6. The predicted molar refractivity (Wildman–Crippen MR) is 119 cm³/mol. The van der Waals surface area contributed by atoms with Crippen molar-refractivity contribution in [1.29, 1.82) is 0 Å². The molecule has 1 saturated heterocycles. The molecule has 2 aromatic carbocycles. The zero-order valence-corrected chi connectivity index (χ0v) is 18.1. The van der Waals surface area contributed by atoms with Crippen LogP contribution >= 0.6 is 0 Å². The molecule has 1 aromatic heterocycles. The monoisotopic (exact) mass is 421 g/mol. The zero-order chi connectivity index (χ0) is 22.0. The number of carbonyl (C=O) groups excluding carboxylic acids is 2. The summed E-state index contributed by atoms with van der Waals surface area (Å²) in [6.45, 7) is 1.97. The number of rotatable bonds is 5. The molecule has 0 bridgehead atoms. The van der Waals surface area contributed by atoms with Crippen LogP contribution in [0.15, 0.2) is 42.5 Å². The molecular formula is C23H27N5O3. The predicted octanol–water partition coefficient (Wildman–Crippen LogP) is 3.48. The van der Waals surface area contributed by atoms with E-state index in [1.807, 2.05) is 34.7 Å². The van der Waals surface area contributed by atoms with Gasteiger partial charge in [-0.25, -0.2) is 9.78 Å². The molecule has 31 heavy (non-hydrogen) atoms. The summed E-state index contributed by atoms with van der Waals surface area (Å²) < 4.78 is 7.09. The molecule has 1 fully saturated rings. The topological polar surface area (TPSA) is 79.7 Å². The van der Waals surface area contributed by atoms with Crippen molar-refractivity contribution in [1.82, 2.24) is 19.4 Å². The number of ether oxygens (including phenoxy) is 1. The first-order valence-corrected chi connectivity index (χ1v) is 10.4. The van der Waals surface area contributed by atoms with Crippen LogP contribution in [-0.2, 0) is 13.6 Å². The fraction of sp³-hybridized carbons (Fsp3) is 0.348. The Kier molecular flexibility index (Phi) is 5.79. The van der Waals surface area contributed by atoms with Crippen molar-refractivity contribution >= 4 is 28.7 Å². The van der Waals surface area contributed by atoms with Crippen LogP contribution in [0, 0.1) is 0 Å². The Bertz CT molecular complexity index is 1100. The first-order chi connectivity index (χ1) is 15.0. The van der Waals surface area contributed by atoms with Gasteiger partial charge < -0.3 is 24.4 Å². The van der Waals surface area contributed by atoms with E-state index in [1.165, 1.54) is 0 Å². The molecule has 0 spiro atoms. The van der Waals surface area contributed by atoms with Gasteiger partial charge in [-0.15, -0.1) is 0 Å². The lowest BCUT2D eigenvalue weighted by atomic mass is 10.2. The maximum Gasteiger partial charge on any atom is 0.321 e. The van der Waals surface area contributed by atoms with Crippen LogP contribution < -0.4 is 10.1 Å². The van der Waals surface area contributed by atoms with E-state index < -0.39 is 0 Å². The lowest BCUT2D eigenvalue weighted by molar-refractivity contribution is 0.0793. The second-order valence-electron chi connectivity index (χ2n) is 7.80. The van der Waals surface area contributed by atoms with Crippen LogP contribution in [0.25, 0.3) is 11.0 Å². The average Bonchev–Trinajstić information content (AvgIpc) is 3.42. The number of carbonyl (C=O) groups is 2. The van der Waals surface area contributed by atoms with Crippen molar-refractivity contribution < 1.29 is 14.3 Å². The quantitative estimate of drug-likeness (QED) is 0.684. The SMILES string of the molecule is COc1ccc(NC(=O)N(C)Cc2nc3cc(C(=O)N4CCCC4)ccc3n2C)cc1. The molecule has 8 nitrogen and oxygen atoms in total. The van der Waals surface area contributed by atoms with Crippen molar-refractivity contribution in [2.45, 2.75) is 19.4 Å². The fourth-order valence-corrected chi connectivity index (χ4v) is 3.80. The largest absolute Gasteiger partial charge is 0.497 e. The van der Waals surface area contributed by atoms with Gasteiger partial charge in [0.05, 0.1) is 24.7 Å². The minimum atomic E-state index is -0.234. The average molecular weight is 422 g/mol. The van der Waals surface area contributed by atoms with E-state index in [-0.39, 0.29) is 11.9 Å². The van der Waals surface area contributed by atoms with Crippen LogP contribution in [0.3, 0.4) is 0 Å². The van der Waals surface area contributed by atoms with Gasteiger partial charge in [0.15, 0.2) is 0 Å². The number of nitrogens with zero attached hydrogens (tertiary/aromatic N) is 4. The number of amides is 3. The van der Waals surface area contributed by atoms with Gasteiger partial charge in [0.25, 0.3) is 5.91 Å². The Balaban J connectivity index is 1.47. The molecule has 0 radical (unpaired) electrons. The van der Waals surface area contributed by atoms with Gasteiger partial charge >= 0.3 is 6.03 Å². The molecule has 162 valence electrons. The first kappa shape index (κ1) is 20.7. The molecule has 2 heterocycles. The zero-order valence-electron chi connectivity index (χ0n) is 18.1. The molecule has 1 aliphatic rings. The highest BCUT2D eigenvalue weighted by atomic mass is 16.5. The van der Waals surface area contributed by atoms with Crippen molar-refractivity contribution in [3.63, 3.8) is 0 Å². The first-order valence-electron chi connectivity index (χ1n) is 10.4.